The Morgan fingerprint density at radius 2 is 1.75 bits per heavy atom. The molecule has 1 aliphatic heterocycles. The molecular formula is C26H26N4O2. The minimum absolute atomic E-state index is 0.101. The van der Waals surface area contributed by atoms with E-state index in [9.17, 15) is 4.79 Å². The van der Waals surface area contributed by atoms with Gasteiger partial charge in [-0.25, -0.2) is 4.68 Å². The molecule has 0 spiro atoms. The number of rotatable bonds is 5. The molecule has 3 heterocycles. The third-order valence-corrected chi connectivity index (χ3v) is 6.18. The average molecular weight is 427 g/mol. The minimum atomic E-state index is 0.101. The molecule has 6 heteroatoms. The van der Waals surface area contributed by atoms with Gasteiger partial charge in [-0.1, -0.05) is 18.2 Å². The molecule has 5 rings (SSSR count). The fourth-order valence-electron chi connectivity index (χ4n) is 4.19. The van der Waals surface area contributed by atoms with E-state index in [4.69, 9.17) is 9.84 Å². The Morgan fingerprint density at radius 1 is 1.00 bits per heavy atom. The fourth-order valence-corrected chi connectivity index (χ4v) is 4.19. The molecule has 0 aliphatic carbocycles. The van der Waals surface area contributed by atoms with Gasteiger partial charge in [-0.2, -0.15) is 5.10 Å². The summed E-state index contributed by atoms with van der Waals surface area (Å²) in [5.74, 6) is 1.89. The number of fused-ring (bicyclic) bond motifs is 1. The Kier molecular flexibility index (Phi) is 5.05. The highest BCUT2D eigenvalue weighted by molar-refractivity contribution is 5.79. The van der Waals surface area contributed by atoms with Crippen molar-refractivity contribution in [2.45, 2.75) is 33.4 Å². The molecule has 0 N–H and O–H groups in total. The second-order valence-electron chi connectivity index (χ2n) is 8.29. The minimum Gasteiger partial charge on any atom is -0.497 e. The predicted octanol–water partition coefficient (Wildman–Crippen LogP) is 4.37. The lowest BCUT2D eigenvalue weighted by Gasteiger charge is -2.18. The topological polar surface area (TPSA) is 52.3 Å². The summed E-state index contributed by atoms with van der Waals surface area (Å²) in [4.78, 5) is 14.9. The zero-order valence-corrected chi connectivity index (χ0v) is 18.6. The molecular weight excluding hydrogens is 400 g/mol. The number of aromatic nitrogens is 3. The Bertz CT molecular complexity index is 1270. The lowest BCUT2D eigenvalue weighted by Crippen LogP contribution is -2.27. The summed E-state index contributed by atoms with van der Waals surface area (Å²) in [5.41, 5.74) is 6.55. The average Bonchev–Trinajstić information content (AvgIpc) is 3.52. The number of aryl methyl sites for hydroxylation is 2. The highest BCUT2D eigenvalue weighted by atomic mass is 16.5. The lowest BCUT2D eigenvalue weighted by molar-refractivity contribution is -0.131. The smallest absolute Gasteiger partial charge is 0.227 e. The zero-order chi connectivity index (χ0) is 22.2. The monoisotopic (exact) mass is 426 g/mol. The van der Waals surface area contributed by atoms with E-state index in [0.717, 1.165) is 34.1 Å². The number of benzene rings is 2. The third kappa shape index (κ3) is 3.58. The third-order valence-electron chi connectivity index (χ3n) is 6.18. The molecule has 0 unspecified atom stereocenters. The Morgan fingerprint density at radius 3 is 2.44 bits per heavy atom. The van der Waals surface area contributed by atoms with Crippen LogP contribution in [0.3, 0.4) is 0 Å². The van der Waals surface area contributed by atoms with E-state index in [1.807, 2.05) is 58.4 Å². The van der Waals surface area contributed by atoms with Crippen molar-refractivity contribution < 1.29 is 9.53 Å². The number of carbonyl (C=O) groups is 1. The van der Waals surface area contributed by atoms with Crippen LogP contribution in [0.25, 0.3) is 11.5 Å². The second-order valence-corrected chi connectivity index (χ2v) is 8.29. The first-order valence-corrected chi connectivity index (χ1v) is 10.8. The van der Waals surface area contributed by atoms with E-state index in [1.165, 1.54) is 11.1 Å². The van der Waals surface area contributed by atoms with Gasteiger partial charge < -0.3 is 14.2 Å². The summed E-state index contributed by atoms with van der Waals surface area (Å²) in [5, 5.41) is 4.94. The van der Waals surface area contributed by atoms with E-state index in [-0.39, 0.29) is 5.91 Å². The van der Waals surface area contributed by atoms with Crippen molar-refractivity contribution in [3.05, 3.63) is 94.9 Å². The molecule has 2 aromatic carbocycles. The number of amides is 1. The molecule has 0 saturated carbocycles. The van der Waals surface area contributed by atoms with Crippen LogP contribution in [0.4, 0.5) is 0 Å². The van der Waals surface area contributed by atoms with Crippen molar-refractivity contribution in [3.63, 3.8) is 0 Å². The largest absolute Gasteiger partial charge is 0.497 e. The van der Waals surface area contributed by atoms with Crippen LogP contribution in [0, 0.1) is 13.8 Å². The van der Waals surface area contributed by atoms with Gasteiger partial charge in [-0.15, -0.1) is 0 Å². The number of nitrogens with zero attached hydrogens (tertiary/aromatic N) is 4. The van der Waals surface area contributed by atoms with E-state index in [2.05, 4.69) is 36.6 Å². The van der Waals surface area contributed by atoms with Crippen molar-refractivity contribution in [3.8, 4) is 17.3 Å². The molecule has 0 saturated heterocycles. The van der Waals surface area contributed by atoms with Crippen LogP contribution in [-0.2, 0) is 24.3 Å². The number of carbonyl (C=O) groups excluding carboxylic acids is 1. The van der Waals surface area contributed by atoms with Gasteiger partial charge in [0.15, 0.2) is 0 Å². The molecule has 0 atom stereocenters. The van der Waals surface area contributed by atoms with Crippen LogP contribution in [0.1, 0.15) is 27.9 Å². The Hall–Kier alpha value is -3.80. The van der Waals surface area contributed by atoms with Gasteiger partial charge in [0.2, 0.25) is 5.91 Å². The maximum Gasteiger partial charge on any atom is 0.227 e. The normalized spacial score (nSPS) is 12.8. The summed E-state index contributed by atoms with van der Waals surface area (Å²) >= 11 is 0. The van der Waals surface area contributed by atoms with Crippen LogP contribution in [0.2, 0.25) is 0 Å². The molecule has 0 radical (unpaired) electrons. The highest BCUT2D eigenvalue weighted by Gasteiger charge is 2.31. The number of methoxy groups -OCH3 is 1. The van der Waals surface area contributed by atoms with Crippen molar-refractivity contribution in [2.75, 3.05) is 7.11 Å². The van der Waals surface area contributed by atoms with E-state index in [0.29, 0.717) is 19.5 Å². The van der Waals surface area contributed by atoms with Gasteiger partial charge in [0.05, 0.1) is 38.0 Å². The number of hydrogen-bond donors (Lipinski definition) is 0. The Balaban J connectivity index is 1.44. The predicted molar refractivity (Wildman–Crippen MR) is 123 cm³/mol. The van der Waals surface area contributed by atoms with E-state index >= 15 is 0 Å². The van der Waals surface area contributed by atoms with Gasteiger partial charge in [-0.05, 0) is 66.9 Å². The van der Waals surface area contributed by atoms with Crippen LogP contribution in [-0.4, -0.2) is 32.3 Å². The molecule has 6 nitrogen and oxygen atoms in total. The first-order valence-electron chi connectivity index (χ1n) is 10.8. The molecule has 2 aromatic heterocycles. The zero-order valence-electron chi connectivity index (χ0n) is 18.6. The van der Waals surface area contributed by atoms with E-state index < -0.39 is 0 Å². The summed E-state index contributed by atoms with van der Waals surface area (Å²) in [6.07, 6.45) is 4.41. The summed E-state index contributed by atoms with van der Waals surface area (Å²) in [6, 6.07) is 18.1. The van der Waals surface area contributed by atoms with Crippen molar-refractivity contribution in [1.29, 1.82) is 0 Å². The lowest BCUT2D eigenvalue weighted by atomic mass is 10.1. The molecule has 162 valence electrons. The first-order chi connectivity index (χ1) is 15.5. The summed E-state index contributed by atoms with van der Waals surface area (Å²) in [7, 11) is 1.64. The number of hydrogen-bond acceptors (Lipinski definition) is 3. The quantitative estimate of drug-likeness (QED) is 0.476. The molecule has 1 aliphatic rings. The van der Waals surface area contributed by atoms with Crippen LogP contribution in [0.5, 0.6) is 5.75 Å². The van der Waals surface area contributed by atoms with Crippen molar-refractivity contribution in [2.24, 2.45) is 0 Å². The fraction of sp³-hybridized carbons (Fsp3) is 0.231. The first kappa shape index (κ1) is 20.1. The summed E-state index contributed by atoms with van der Waals surface area (Å²) < 4.78 is 9.29. The van der Waals surface area contributed by atoms with Crippen molar-refractivity contribution in [1.82, 2.24) is 19.2 Å². The molecule has 4 aromatic rings. The van der Waals surface area contributed by atoms with Crippen molar-refractivity contribution >= 4 is 5.91 Å². The molecule has 1 amide bonds. The maximum atomic E-state index is 13.0. The molecule has 0 bridgehead atoms. The second kappa shape index (κ2) is 8.04. The maximum absolute atomic E-state index is 13.0. The van der Waals surface area contributed by atoms with Crippen LogP contribution in [0.15, 0.2) is 67.0 Å². The van der Waals surface area contributed by atoms with Gasteiger partial charge in [0.25, 0.3) is 0 Å². The molecule has 0 fully saturated rings. The van der Waals surface area contributed by atoms with Gasteiger partial charge in [0, 0.05) is 18.0 Å². The SMILES string of the molecule is COc1ccc(CC(=O)N2Cc3nn(-c4ccc(C)c(C)c4)c(-n4cccc4)c3C2)cc1. The van der Waals surface area contributed by atoms with Gasteiger partial charge in [-0.3, -0.25) is 4.79 Å². The Labute approximate surface area is 187 Å². The van der Waals surface area contributed by atoms with E-state index in [1.54, 1.807) is 7.11 Å². The highest BCUT2D eigenvalue weighted by Crippen LogP contribution is 2.31. The van der Waals surface area contributed by atoms with Crippen LogP contribution >= 0.6 is 0 Å². The summed E-state index contributed by atoms with van der Waals surface area (Å²) in [6.45, 7) is 5.31. The number of ether oxygens (including phenoxy) is 1. The standard InChI is InChI=1S/C26H26N4O2/c1-18-6-9-21(14-19(18)2)30-26(28-12-4-5-13-28)23-16-29(17-24(23)27-30)25(31)15-20-7-10-22(32-3)11-8-20/h4-14H,15-17H2,1-3H3. The molecule has 32 heavy (non-hydrogen) atoms. The van der Waals surface area contributed by atoms with Crippen LogP contribution < -0.4 is 4.74 Å². The van der Waals surface area contributed by atoms with Gasteiger partial charge >= 0.3 is 0 Å². The van der Waals surface area contributed by atoms with Gasteiger partial charge in [0.1, 0.15) is 11.6 Å².